The van der Waals surface area contributed by atoms with Gasteiger partial charge in [0.25, 0.3) is 0 Å². The van der Waals surface area contributed by atoms with Crippen molar-refractivity contribution in [3.05, 3.63) is 23.0 Å². The smallest absolute Gasteiger partial charge is 0.412 e. The Morgan fingerprint density at radius 3 is 2.76 bits per heavy atom. The van der Waals surface area contributed by atoms with Crippen LogP contribution in [0.1, 0.15) is 26.5 Å². The summed E-state index contributed by atoms with van der Waals surface area (Å²) in [6, 6.07) is 1.52. The summed E-state index contributed by atoms with van der Waals surface area (Å²) in [5.74, 6) is 2.35. The first-order valence-electron chi connectivity index (χ1n) is 4.94. The fourth-order valence-corrected chi connectivity index (χ4v) is 1.22. The molecule has 1 heterocycles. The van der Waals surface area contributed by atoms with Crippen molar-refractivity contribution in [1.29, 1.82) is 0 Å². The molecule has 0 bridgehead atoms. The largest absolute Gasteiger partial charge is 0.444 e. The second kappa shape index (κ2) is 5.07. The Morgan fingerprint density at radius 2 is 2.24 bits per heavy atom. The SMILES string of the molecule is C#Cc1ncc(Cl)cc1NC(=O)OC(C)(C)C. The minimum Gasteiger partial charge on any atom is -0.444 e. The molecule has 1 aromatic rings. The van der Waals surface area contributed by atoms with Crippen LogP contribution in [0.3, 0.4) is 0 Å². The number of amides is 1. The van der Waals surface area contributed by atoms with Gasteiger partial charge in [-0.05, 0) is 32.8 Å². The van der Waals surface area contributed by atoms with Crippen molar-refractivity contribution in [2.75, 3.05) is 5.32 Å². The zero-order valence-electron chi connectivity index (χ0n) is 9.87. The first-order valence-corrected chi connectivity index (χ1v) is 5.32. The van der Waals surface area contributed by atoms with E-state index in [9.17, 15) is 4.79 Å². The molecule has 0 spiro atoms. The number of carbonyl (C=O) groups is 1. The van der Waals surface area contributed by atoms with E-state index in [-0.39, 0.29) is 0 Å². The van der Waals surface area contributed by atoms with E-state index in [1.807, 2.05) is 0 Å². The molecule has 0 fully saturated rings. The Morgan fingerprint density at radius 1 is 1.59 bits per heavy atom. The Hall–Kier alpha value is -1.73. The highest BCUT2D eigenvalue weighted by Gasteiger charge is 2.17. The summed E-state index contributed by atoms with van der Waals surface area (Å²) in [4.78, 5) is 15.4. The first kappa shape index (κ1) is 13.3. The number of hydrogen-bond donors (Lipinski definition) is 1. The number of nitrogens with one attached hydrogen (secondary N) is 1. The third-order valence-corrected chi connectivity index (χ3v) is 1.83. The van der Waals surface area contributed by atoms with Gasteiger partial charge in [-0.25, -0.2) is 9.78 Å². The number of anilines is 1. The third kappa shape index (κ3) is 4.33. The molecule has 0 aliphatic heterocycles. The van der Waals surface area contributed by atoms with Gasteiger partial charge < -0.3 is 4.74 Å². The van der Waals surface area contributed by atoms with Crippen LogP contribution in [0.5, 0.6) is 0 Å². The molecule has 1 rings (SSSR count). The highest BCUT2D eigenvalue weighted by Crippen LogP contribution is 2.18. The molecule has 1 amide bonds. The van der Waals surface area contributed by atoms with Crippen LogP contribution in [0.25, 0.3) is 0 Å². The highest BCUT2D eigenvalue weighted by atomic mass is 35.5. The quantitative estimate of drug-likeness (QED) is 0.782. The zero-order chi connectivity index (χ0) is 13.1. The summed E-state index contributed by atoms with van der Waals surface area (Å²) in [6.45, 7) is 5.31. The topological polar surface area (TPSA) is 51.2 Å². The molecule has 1 N–H and O–H groups in total. The normalized spacial score (nSPS) is 10.5. The minimum atomic E-state index is -0.599. The maximum Gasteiger partial charge on any atom is 0.412 e. The molecule has 0 aromatic carbocycles. The van der Waals surface area contributed by atoms with E-state index < -0.39 is 11.7 Å². The lowest BCUT2D eigenvalue weighted by Gasteiger charge is -2.19. The van der Waals surface area contributed by atoms with Crippen LogP contribution in [-0.2, 0) is 4.74 Å². The number of terminal acetylenes is 1. The van der Waals surface area contributed by atoms with Crippen molar-refractivity contribution in [3.8, 4) is 12.3 Å². The van der Waals surface area contributed by atoms with Crippen molar-refractivity contribution in [3.63, 3.8) is 0 Å². The van der Waals surface area contributed by atoms with Crippen LogP contribution in [0.15, 0.2) is 12.3 Å². The monoisotopic (exact) mass is 252 g/mol. The molecule has 0 aliphatic rings. The van der Waals surface area contributed by atoms with Crippen molar-refractivity contribution in [2.45, 2.75) is 26.4 Å². The van der Waals surface area contributed by atoms with Gasteiger partial charge >= 0.3 is 6.09 Å². The van der Waals surface area contributed by atoms with E-state index >= 15 is 0 Å². The Kier molecular flexibility index (Phi) is 3.97. The van der Waals surface area contributed by atoms with E-state index in [0.717, 1.165) is 0 Å². The second-order valence-electron chi connectivity index (χ2n) is 4.32. The number of rotatable bonds is 1. The standard InChI is InChI=1S/C12H13ClN2O2/c1-5-9-10(6-8(13)7-14-9)15-11(16)17-12(2,3)4/h1,6-7H,2-4H3,(H,15,16). The minimum absolute atomic E-state index is 0.306. The number of aromatic nitrogens is 1. The number of ether oxygens (including phenoxy) is 1. The predicted octanol–water partition coefficient (Wildman–Crippen LogP) is 3.06. The maximum absolute atomic E-state index is 11.5. The van der Waals surface area contributed by atoms with Gasteiger partial charge in [0.15, 0.2) is 0 Å². The fourth-order valence-electron chi connectivity index (χ4n) is 1.06. The molecular formula is C12H13ClN2O2. The van der Waals surface area contributed by atoms with Gasteiger partial charge in [-0.3, -0.25) is 5.32 Å². The third-order valence-electron chi connectivity index (χ3n) is 1.63. The number of nitrogens with zero attached hydrogens (tertiary/aromatic N) is 1. The van der Waals surface area contributed by atoms with E-state index in [4.69, 9.17) is 22.8 Å². The van der Waals surface area contributed by atoms with Crippen LogP contribution in [0.2, 0.25) is 5.02 Å². The lowest BCUT2D eigenvalue weighted by atomic mass is 10.2. The van der Waals surface area contributed by atoms with Crippen LogP contribution in [-0.4, -0.2) is 16.7 Å². The highest BCUT2D eigenvalue weighted by molar-refractivity contribution is 6.30. The maximum atomic E-state index is 11.5. The summed E-state index contributed by atoms with van der Waals surface area (Å²) in [6.07, 6.45) is 6.07. The molecule has 17 heavy (non-hydrogen) atoms. The van der Waals surface area contributed by atoms with Crippen molar-refractivity contribution < 1.29 is 9.53 Å². The van der Waals surface area contributed by atoms with Gasteiger partial charge in [0.2, 0.25) is 0 Å². The van der Waals surface area contributed by atoms with E-state index in [2.05, 4.69) is 16.2 Å². The van der Waals surface area contributed by atoms with E-state index in [0.29, 0.717) is 16.4 Å². The average Bonchev–Trinajstić information content (AvgIpc) is 2.14. The summed E-state index contributed by atoms with van der Waals surface area (Å²) in [5, 5.41) is 2.89. The average molecular weight is 253 g/mol. The van der Waals surface area contributed by atoms with Crippen LogP contribution in [0.4, 0.5) is 10.5 Å². The van der Waals surface area contributed by atoms with E-state index in [1.54, 1.807) is 20.8 Å². The number of hydrogen-bond acceptors (Lipinski definition) is 3. The van der Waals surface area contributed by atoms with Crippen LogP contribution < -0.4 is 5.32 Å². The van der Waals surface area contributed by atoms with Gasteiger partial charge in [-0.15, -0.1) is 6.42 Å². The molecule has 4 nitrogen and oxygen atoms in total. The summed E-state index contributed by atoms with van der Waals surface area (Å²) >= 11 is 5.77. The van der Waals surface area contributed by atoms with Crippen LogP contribution in [0, 0.1) is 12.3 Å². The van der Waals surface area contributed by atoms with Gasteiger partial charge in [-0.1, -0.05) is 11.6 Å². The fraction of sp³-hybridized carbons (Fsp3) is 0.333. The molecule has 0 radical (unpaired) electrons. The predicted molar refractivity (Wildman–Crippen MR) is 67.0 cm³/mol. The Labute approximate surface area is 105 Å². The number of halogens is 1. The molecule has 1 aromatic heterocycles. The van der Waals surface area contributed by atoms with Gasteiger partial charge in [0.1, 0.15) is 11.3 Å². The Balaban J connectivity index is 2.85. The molecule has 5 heteroatoms. The van der Waals surface area contributed by atoms with Crippen molar-refractivity contribution in [2.24, 2.45) is 0 Å². The molecule has 0 aliphatic carbocycles. The van der Waals surface area contributed by atoms with Gasteiger partial charge in [-0.2, -0.15) is 0 Å². The van der Waals surface area contributed by atoms with E-state index in [1.165, 1.54) is 12.3 Å². The van der Waals surface area contributed by atoms with Gasteiger partial charge in [0, 0.05) is 6.20 Å². The molecule has 0 atom stereocenters. The summed E-state index contributed by atoms with van der Waals surface area (Å²) in [7, 11) is 0. The molecule has 0 unspecified atom stereocenters. The van der Waals surface area contributed by atoms with Crippen molar-refractivity contribution >= 4 is 23.4 Å². The van der Waals surface area contributed by atoms with Crippen LogP contribution >= 0.6 is 11.6 Å². The van der Waals surface area contributed by atoms with Gasteiger partial charge in [0.05, 0.1) is 10.7 Å². The lowest BCUT2D eigenvalue weighted by Crippen LogP contribution is -2.27. The molecule has 90 valence electrons. The second-order valence-corrected chi connectivity index (χ2v) is 4.76. The number of pyridine rings is 1. The molecule has 0 saturated heterocycles. The lowest BCUT2D eigenvalue weighted by molar-refractivity contribution is 0.0636. The summed E-state index contributed by atoms with van der Waals surface area (Å²) < 4.78 is 5.09. The zero-order valence-corrected chi connectivity index (χ0v) is 10.6. The number of carbonyl (C=O) groups excluding carboxylic acids is 1. The molecule has 0 saturated carbocycles. The Bertz CT molecular complexity index is 472. The summed E-state index contributed by atoms with van der Waals surface area (Å²) in [5.41, 5.74) is 0.0846. The molecular weight excluding hydrogens is 240 g/mol. The first-order chi connectivity index (χ1) is 7.81. The van der Waals surface area contributed by atoms with Crippen molar-refractivity contribution in [1.82, 2.24) is 4.98 Å².